The number of amides is 1. The summed E-state index contributed by atoms with van der Waals surface area (Å²) >= 11 is 0. The molecule has 0 aliphatic heterocycles. The van der Waals surface area contributed by atoms with Gasteiger partial charge in [0.25, 0.3) is 11.5 Å². The third-order valence-electron chi connectivity index (χ3n) is 3.53. The predicted molar refractivity (Wildman–Crippen MR) is 79.1 cm³/mol. The van der Waals surface area contributed by atoms with Crippen molar-refractivity contribution in [1.82, 2.24) is 9.88 Å². The van der Waals surface area contributed by atoms with E-state index in [1.807, 2.05) is 44.2 Å². The van der Waals surface area contributed by atoms with E-state index >= 15 is 0 Å². The highest BCUT2D eigenvalue weighted by atomic mass is 16.2. The number of fused-ring (bicyclic) bond motifs is 1. The molecule has 0 bridgehead atoms. The van der Waals surface area contributed by atoms with E-state index in [9.17, 15) is 9.59 Å². The standard InChI is InChI=1S/C16H18N2O2/c1-10(2)17-15(19)14-9-11-5-3-4-6-13(11)16(20)18(14)12-7-8-12/h3-6,9-10,12H,7-8H2,1-2H3,(H,17,19). The fraction of sp³-hybridized carbons (Fsp3) is 0.375. The molecule has 0 atom stereocenters. The number of rotatable bonds is 3. The lowest BCUT2D eigenvalue weighted by Gasteiger charge is -2.15. The van der Waals surface area contributed by atoms with Crippen LogP contribution in [0.25, 0.3) is 10.8 Å². The van der Waals surface area contributed by atoms with E-state index in [1.54, 1.807) is 4.57 Å². The highest BCUT2D eigenvalue weighted by molar-refractivity contribution is 5.96. The monoisotopic (exact) mass is 270 g/mol. The van der Waals surface area contributed by atoms with Gasteiger partial charge in [-0.2, -0.15) is 0 Å². The van der Waals surface area contributed by atoms with E-state index in [0.717, 1.165) is 18.2 Å². The smallest absolute Gasteiger partial charge is 0.268 e. The maximum absolute atomic E-state index is 12.6. The van der Waals surface area contributed by atoms with Crippen LogP contribution in [0.5, 0.6) is 0 Å². The Morgan fingerprint density at radius 2 is 2.00 bits per heavy atom. The first-order valence-corrected chi connectivity index (χ1v) is 7.03. The van der Waals surface area contributed by atoms with Crippen molar-refractivity contribution in [3.63, 3.8) is 0 Å². The fourth-order valence-electron chi connectivity index (χ4n) is 2.48. The molecule has 1 aliphatic rings. The summed E-state index contributed by atoms with van der Waals surface area (Å²) in [5, 5.41) is 4.38. The minimum atomic E-state index is -0.172. The molecule has 0 saturated heterocycles. The van der Waals surface area contributed by atoms with Gasteiger partial charge >= 0.3 is 0 Å². The van der Waals surface area contributed by atoms with Crippen molar-refractivity contribution >= 4 is 16.7 Å². The third-order valence-corrected chi connectivity index (χ3v) is 3.53. The molecule has 0 spiro atoms. The number of hydrogen-bond donors (Lipinski definition) is 1. The van der Waals surface area contributed by atoms with Gasteiger partial charge in [0.2, 0.25) is 0 Å². The zero-order chi connectivity index (χ0) is 14.3. The molecule has 1 heterocycles. The number of aromatic nitrogens is 1. The van der Waals surface area contributed by atoms with Gasteiger partial charge in [-0.15, -0.1) is 0 Å². The van der Waals surface area contributed by atoms with Gasteiger partial charge in [0, 0.05) is 17.5 Å². The van der Waals surface area contributed by atoms with Crippen molar-refractivity contribution in [2.24, 2.45) is 0 Å². The molecule has 2 aromatic rings. The lowest BCUT2D eigenvalue weighted by atomic mass is 10.1. The molecule has 1 aromatic carbocycles. The van der Waals surface area contributed by atoms with E-state index < -0.39 is 0 Å². The topological polar surface area (TPSA) is 51.1 Å². The van der Waals surface area contributed by atoms with E-state index in [4.69, 9.17) is 0 Å². The lowest BCUT2D eigenvalue weighted by Crippen LogP contribution is -2.35. The van der Waals surface area contributed by atoms with Crippen molar-refractivity contribution in [2.45, 2.75) is 38.8 Å². The average molecular weight is 270 g/mol. The summed E-state index contributed by atoms with van der Waals surface area (Å²) in [6.45, 7) is 3.83. The fourth-order valence-corrected chi connectivity index (χ4v) is 2.48. The first-order valence-electron chi connectivity index (χ1n) is 7.03. The Hall–Kier alpha value is -2.10. The summed E-state index contributed by atoms with van der Waals surface area (Å²) in [6, 6.07) is 9.49. The molecule has 1 saturated carbocycles. The molecule has 104 valence electrons. The van der Waals surface area contributed by atoms with Crippen molar-refractivity contribution in [3.8, 4) is 0 Å². The van der Waals surface area contributed by atoms with Crippen molar-refractivity contribution in [2.75, 3.05) is 0 Å². The number of benzene rings is 1. The largest absolute Gasteiger partial charge is 0.349 e. The van der Waals surface area contributed by atoms with Crippen LogP contribution in [0.2, 0.25) is 0 Å². The molecule has 4 heteroatoms. The molecule has 1 amide bonds. The molecule has 20 heavy (non-hydrogen) atoms. The Bertz CT molecular complexity index is 727. The second-order valence-electron chi connectivity index (χ2n) is 5.65. The zero-order valence-electron chi connectivity index (χ0n) is 11.7. The highest BCUT2D eigenvalue weighted by Crippen LogP contribution is 2.35. The van der Waals surface area contributed by atoms with Gasteiger partial charge in [0.15, 0.2) is 0 Å². The summed E-state index contributed by atoms with van der Waals surface area (Å²) in [7, 11) is 0. The molecule has 0 radical (unpaired) electrons. The molecule has 0 unspecified atom stereocenters. The Morgan fingerprint density at radius 3 is 2.65 bits per heavy atom. The second-order valence-corrected chi connectivity index (χ2v) is 5.65. The van der Waals surface area contributed by atoms with E-state index in [2.05, 4.69) is 5.32 Å². The second kappa shape index (κ2) is 4.78. The van der Waals surface area contributed by atoms with E-state index in [-0.39, 0.29) is 23.6 Å². The van der Waals surface area contributed by atoms with Crippen LogP contribution in [0.4, 0.5) is 0 Å². The Labute approximate surface area is 117 Å². The van der Waals surface area contributed by atoms with Crippen LogP contribution in [-0.4, -0.2) is 16.5 Å². The van der Waals surface area contributed by atoms with Gasteiger partial charge in [-0.05, 0) is 44.2 Å². The van der Waals surface area contributed by atoms with Crippen LogP contribution in [0.3, 0.4) is 0 Å². The third kappa shape index (κ3) is 2.22. The van der Waals surface area contributed by atoms with Gasteiger partial charge in [-0.3, -0.25) is 9.59 Å². The summed E-state index contributed by atoms with van der Waals surface area (Å²) in [5.41, 5.74) is 0.421. The zero-order valence-corrected chi connectivity index (χ0v) is 11.7. The molecular formula is C16H18N2O2. The first kappa shape index (κ1) is 12.9. The lowest BCUT2D eigenvalue weighted by molar-refractivity contribution is 0.0932. The molecule has 1 fully saturated rings. The molecule has 1 N–H and O–H groups in total. The quantitative estimate of drug-likeness (QED) is 0.931. The Kier molecular flexibility index (Phi) is 3.08. The maximum Gasteiger partial charge on any atom is 0.268 e. The number of nitrogens with zero attached hydrogens (tertiary/aromatic N) is 1. The molecule has 3 rings (SSSR count). The van der Waals surface area contributed by atoms with Crippen molar-refractivity contribution in [1.29, 1.82) is 0 Å². The van der Waals surface area contributed by atoms with Gasteiger partial charge in [0.1, 0.15) is 5.69 Å². The maximum atomic E-state index is 12.6. The Balaban J connectivity index is 2.21. The number of hydrogen-bond acceptors (Lipinski definition) is 2. The van der Waals surface area contributed by atoms with Crippen LogP contribution >= 0.6 is 0 Å². The van der Waals surface area contributed by atoms with Crippen LogP contribution < -0.4 is 10.9 Å². The molecule has 4 nitrogen and oxygen atoms in total. The van der Waals surface area contributed by atoms with Crippen LogP contribution in [0, 0.1) is 0 Å². The minimum absolute atomic E-state index is 0.0525. The Morgan fingerprint density at radius 1 is 1.30 bits per heavy atom. The van der Waals surface area contributed by atoms with Gasteiger partial charge < -0.3 is 9.88 Å². The van der Waals surface area contributed by atoms with Crippen LogP contribution in [-0.2, 0) is 0 Å². The number of nitrogens with one attached hydrogen (secondary N) is 1. The van der Waals surface area contributed by atoms with Gasteiger partial charge in [-0.25, -0.2) is 0 Å². The highest BCUT2D eigenvalue weighted by Gasteiger charge is 2.29. The van der Waals surface area contributed by atoms with Crippen LogP contribution in [0.1, 0.15) is 43.2 Å². The SMILES string of the molecule is CC(C)NC(=O)c1cc2ccccc2c(=O)n1C1CC1. The predicted octanol–water partition coefficient (Wildman–Crippen LogP) is 2.47. The summed E-state index contributed by atoms with van der Waals surface area (Å²) < 4.78 is 1.67. The minimum Gasteiger partial charge on any atom is -0.349 e. The van der Waals surface area contributed by atoms with Crippen LogP contribution in [0.15, 0.2) is 35.1 Å². The van der Waals surface area contributed by atoms with Crippen molar-refractivity contribution < 1.29 is 4.79 Å². The van der Waals surface area contributed by atoms with E-state index in [1.165, 1.54) is 0 Å². The summed E-state index contributed by atoms with van der Waals surface area (Å²) in [5.74, 6) is -0.172. The average Bonchev–Trinajstić information content (AvgIpc) is 3.22. The van der Waals surface area contributed by atoms with E-state index in [0.29, 0.717) is 11.1 Å². The number of pyridine rings is 1. The van der Waals surface area contributed by atoms with Gasteiger partial charge in [0.05, 0.1) is 0 Å². The molecule has 1 aromatic heterocycles. The first-order chi connectivity index (χ1) is 9.58. The summed E-state index contributed by atoms with van der Waals surface area (Å²) in [6.07, 6.45) is 1.94. The molecular weight excluding hydrogens is 252 g/mol. The van der Waals surface area contributed by atoms with Gasteiger partial charge in [-0.1, -0.05) is 18.2 Å². The normalized spacial score (nSPS) is 14.8. The summed E-state index contributed by atoms with van der Waals surface area (Å²) in [4.78, 5) is 24.9. The number of carbonyl (C=O) groups excluding carboxylic acids is 1. The molecule has 1 aliphatic carbocycles. The van der Waals surface area contributed by atoms with Crippen molar-refractivity contribution in [3.05, 3.63) is 46.4 Å². The number of carbonyl (C=O) groups is 1.